The summed E-state index contributed by atoms with van der Waals surface area (Å²) in [6.07, 6.45) is -1.84. The number of ketones is 1. The van der Waals surface area contributed by atoms with Gasteiger partial charge in [0, 0.05) is 25.4 Å². The van der Waals surface area contributed by atoms with Gasteiger partial charge in [0.15, 0.2) is 0 Å². The molecule has 2 aliphatic rings. The summed E-state index contributed by atoms with van der Waals surface area (Å²) in [5, 5.41) is 0. The quantitative estimate of drug-likeness (QED) is 0.742. The first-order valence-corrected chi connectivity index (χ1v) is 9.41. The molecule has 0 aliphatic carbocycles. The Morgan fingerprint density at radius 3 is 2.39 bits per heavy atom. The van der Waals surface area contributed by atoms with Gasteiger partial charge in [0.2, 0.25) is 0 Å². The van der Waals surface area contributed by atoms with Crippen LogP contribution in [0.4, 0.5) is 13.2 Å². The monoisotopic (exact) mass is 389 g/mol. The maximum atomic E-state index is 13.0. The number of carbonyl (C=O) groups excluding carboxylic acids is 1. The van der Waals surface area contributed by atoms with E-state index in [4.69, 9.17) is 4.74 Å². The first-order valence-electron chi connectivity index (χ1n) is 9.41. The van der Waals surface area contributed by atoms with Gasteiger partial charge in [-0.1, -0.05) is 24.3 Å². The van der Waals surface area contributed by atoms with Crippen LogP contribution in [-0.4, -0.2) is 23.8 Å². The smallest absolute Gasteiger partial charge is 0.416 e. The first kappa shape index (κ1) is 19.0. The number of benzene rings is 2. The molecule has 148 valence electrons. The van der Waals surface area contributed by atoms with E-state index >= 15 is 0 Å². The molecule has 2 atom stereocenters. The second kappa shape index (κ2) is 6.92. The molecule has 2 bridgehead atoms. The molecule has 2 aromatic carbocycles. The number of fused-ring (bicyclic) bond motifs is 2. The predicted molar refractivity (Wildman–Crippen MR) is 98.9 cm³/mol. The molecular weight excluding hydrogens is 367 g/mol. The Hall–Kier alpha value is -2.34. The number of hydrogen-bond acceptors (Lipinski definition) is 3. The molecule has 28 heavy (non-hydrogen) atoms. The summed E-state index contributed by atoms with van der Waals surface area (Å²) < 4.78 is 44.1. The van der Waals surface area contributed by atoms with Crippen molar-refractivity contribution in [3.8, 4) is 5.75 Å². The van der Waals surface area contributed by atoms with Crippen LogP contribution in [0.25, 0.3) is 0 Å². The molecule has 0 amide bonds. The van der Waals surface area contributed by atoms with E-state index in [9.17, 15) is 18.0 Å². The number of piperidine rings is 1. The van der Waals surface area contributed by atoms with E-state index in [1.54, 1.807) is 19.2 Å². The summed E-state index contributed by atoms with van der Waals surface area (Å²) in [6.45, 7) is 0.656. The van der Waals surface area contributed by atoms with E-state index in [-0.39, 0.29) is 11.8 Å². The number of alkyl halides is 3. The minimum absolute atomic E-state index is 0.130. The number of methoxy groups -OCH3 is 1. The molecule has 2 unspecified atom stereocenters. The van der Waals surface area contributed by atoms with Gasteiger partial charge < -0.3 is 4.74 Å². The van der Waals surface area contributed by atoms with Crippen molar-refractivity contribution >= 4 is 5.78 Å². The molecule has 0 radical (unpaired) electrons. The van der Waals surface area contributed by atoms with Crippen LogP contribution in [0, 0.1) is 0 Å². The lowest BCUT2D eigenvalue weighted by Crippen LogP contribution is -2.50. The lowest BCUT2D eigenvalue weighted by Gasteiger charge is -2.45. The molecule has 2 saturated heterocycles. The zero-order valence-electron chi connectivity index (χ0n) is 15.6. The zero-order chi connectivity index (χ0) is 19.9. The summed E-state index contributed by atoms with van der Waals surface area (Å²) in [5.41, 5.74) is 0.707. The molecule has 6 heteroatoms. The van der Waals surface area contributed by atoms with Gasteiger partial charge in [-0.3, -0.25) is 9.69 Å². The third-order valence-electron chi connectivity index (χ3n) is 6.10. The summed E-state index contributed by atoms with van der Waals surface area (Å²) in [5.74, 6) is 0.964. The van der Waals surface area contributed by atoms with Crippen LogP contribution in [0.5, 0.6) is 5.75 Å². The molecule has 3 nitrogen and oxygen atoms in total. The Labute approximate surface area is 162 Å². The second-order valence-corrected chi connectivity index (χ2v) is 7.69. The highest BCUT2D eigenvalue weighted by atomic mass is 19.4. The van der Waals surface area contributed by atoms with Crippen molar-refractivity contribution in [3.63, 3.8) is 0 Å². The topological polar surface area (TPSA) is 29.5 Å². The number of rotatable bonds is 4. The molecule has 2 aromatic rings. The summed E-state index contributed by atoms with van der Waals surface area (Å²) in [6, 6.07) is 13.3. The van der Waals surface area contributed by atoms with Crippen molar-refractivity contribution in [1.82, 2.24) is 4.90 Å². The number of nitrogens with zero attached hydrogens (tertiary/aromatic N) is 1. The van der Waals surface area contributed by atoms with Gasteiger partial charge in [-0.25, -0.2) is 0 Å². The molecule has 0 N–H and O–H groups in total. The van der Waals surface area contributed by atoms with Crippen molar-refractivity contribution in [2.45, 2.75) is 50.0 Å². The minimum Gasteiger partial charge on any atom is -0.497 e. The zero-order valence-corrected chi connectivity index (χ0v) is 15.6. The Morgan fingerprint density at radius 1 is 1.11 bits per heavy atom. The molecular formula is C22H22F3NO2. The molecule has 2 fully saturated rings. The SMILES string of the molecule is COc1ccc(CN2C3CCC2(c2ccc(C(F)(F)F)cc2)CC(=O)C3)cc1. The Bertz CT molecular complexity index is 861. The first-order chi connectivity index (χ1) is 13.3. The molecule has 0 saturated carbocycles. The number of ether oxygens (including phenoxy) is 1. The largest absolute Gasteiger partial charge is 0.497 e. The van der Waals surface area contributed by atoms with Crippen LogP contribution in [0.15, 0.2) is 48.5 Å². The van der Waals surface area contributed by atoms with E-state index < -0.39 is 17.3 Å². The van der Waals surface area contributed by atoms with Gasteiger partial charge in [0.1, 0.15) is 11.5 Å². The van der Waals surface area contributed by atoms with Crippen molar-refractivity contribution in [3.05, 3.63) is 65.2 Å². The number of Topliss-reactive ketones (excluding diaryl/α,β-unsaturated/α-hetero) is 1. The maximum absolute atomic E-state index is 13.0. The number of halogens is 3. The number of carbonyl (C=O) groups is 1. The van der Waals surface area contributed by atoms with E-state index in [1.165, 1.54) is 0 Å². The lowest BCUT2D eigenvalue weighted by molar-refractivity contribution is -0.137. The van der Waals surface area contributed by atoms with E-state index in [0.717, 1.165) is 41.9 Å². The highest BCUT2D eigenvalue weighted by molar-refractivity contribution is 5.82. The predicted octanol–water partition coefficient (Wildman–Crippen LogP) is 4.94. The molecule has 4 rings (SSSR count). The molecule has 2 heterocycles. The summed E-state index contributed by atoms with van der Waals surface area (Å²) in [4.78, 5) is 14.7. The normalized spacial score (nSPS) is 25.1. The number of hydrogen-bond donors (Lipinski definition) is 0. The third-order valence-corrected chi connectivity index (χ3v) is 6.10. The standard InChI is InChI=1S/C22H22F3NO2/c1-28-20-8-2-15(3-9-20)14-26-18-10-11-21(26,13-19(27)12-18)16-4-6-17(7-5-16)22(23,24)25/h2-9,18H,10-14H2,1H3. The molecule has 2 aliphatic heterocycles. The van der Waals surface area contributed by atoms with Crippen LogP contribution < -0.4 is 4.74 Å². The fourth-order valence-electron chi connectivity index (χ4n) is 4.71. The third kappa shape index (κ3) is 3.30. The average molecular weight is 389 g/mol. The van der Waals surface area contributed by atoms with Crippen molar-refractivity contribution in [2.75, 3.05) is 7.11 Å². The van der Waals surface area contributed by atoms with E-state index in [2.05, 4.69) is 4.90 Å². The second-order valence-electron chi connectivity index (χ2n) is 7.69. The Balaban J connectivity index is 1.67. The Morgan fingerprint density at radius 2 is 1.79 bits per heavy atom. The summed E-state index contributed by atoms with van der Waals surface area (Å²) in [7, 11) is 1.62. The Kier molecular flexibility index (Phi) is 4.70. The van der Waals surface area contributed by atoms with Crippen LogP contribution in [0.1, 0.15) is 42.4 Å². The fourth-order valence-corrected chi connectivity index (χ4v) is 4.71. The van der Waals surface area contributed by atoms with Crippen molar-refractivity contribution < 1.29 is 22.7 Å². The fraction of sp³-hybridized carbons (Fsp3) is 0.409. The summed E-state index contributed by atoms with van der Waals surface area (Å²) >= 11 is 0. The lowest BCUT2D eigenvalue weighted by atomic mass is 9.80. The van der Waals surface area contributed by atoms with Gasteiger partial charge in [-0.15, -0.1) is 0 Å². The van der Waals surface area contributed by atoms with Gasteiger partial charge in [-0.2, -0.15) is 13.2 Å². The minimum atomic E-state index is -4.36. The average Bonchev–Trinajstić information content (AvgIpc) is 2.89. The molecule has 0 aromatic heterocycles. The van der Waals surface area contributed by atoms with Crippen LogP contribution in [0.2, 0.25) is 0 Å². The van der Waals surface area contributed by atoms with E-state index in [0.29, 0.717) is 19.4 Å². The van der Waals surface area contributed by atoms with Gasteiger partial charge in [0.05, 0.1) is 18.2 Å². The van der Waals surface area contributed by atoms with Crippen molar-refractivity contribution in [1.29, 1.82) is 0 Å². The maximum Gasteiger partial charge on any atom is 0.416 e. The van der Waals surface area contributed by atoms with Gasteiger partial charge >= 0.3 is 6.18 Å². The van der Waals surface area contributed by atoms with E-state index in [1.807, 2.05) is 24.3 Å². The van der Waals surface area contributed by atoms with Gasteiger partial charge in [-0.05, 0) is 48.2 Å². The highest BCUT2D eigenvalue weighted by Crippen LogP contribution is 2.50. The van der Waals surface area contributed by atoms with Crippen LogP contribution in [0.3, 0.4) is 0 Å². The van der Waals surface area contributed by atoms with Crippen LogP contribution >= 0.6 is 0 Å². The van der Waals surface area contributed by atoms with Gasteiger partial charge in [0.25, 0.3) is 0 Å². The van der Waals surface area contributed by atoms with Crippen molar-refractivity contribution in [2.24, 2.45) is 0 Å². The molecule has 0 spiro atoms. The highest BCUT2D eigenvalue weighted by Gasteiger charge is 2.52. The van der Waals surface area contributed by atoms with Crippen LogP contribution in [-0.2, 0) is 23.1 Å².